The maximum Gasteiger partial charge on any atom is 0.0419 e. The molecule has 4 heteroatoms. The molecule has 0 spiro atoms. The Balaban J connectivity index is 2.22. The molecule has 1 aromatic rings. The number of rotatable bonds is 3. The second-order valence-electron chi connectivity index (χ2n) is 5.11. The third-order valence-corrected chi connectivity index (χ3v) is 4.76. The molecule has 1 heterocycles. The molecule has 1 aromatic carbocycles. The Labute approximate surface area is 127 Å². The van der Waals surface area contributed by atoms with Crippen molar-refractivity contribution in [1.82, 2.24) is 4.90 Å². The van der Waals surface area contributed by atoms with Gasteiger partial charge in [0, 0.05) is 34.6 Å². The van der Waals surface area contributed by atoms with Gasteiger partial charge >= 0.3 is 0 Å². The highest BCUT2D eigenvalue weighted by Crippen LogP contribution is 2.29. The summed E-state index contributed by atoms with van der Waals surface area (Å²) >= 11 is 7.17. The fourth-order valence-electron chi connectivity index (χ4n) is 2.54. The van der Waals surface area contributed by atoms with Gasteiger partial charge in [-0.1, -0.05) is 37.9 Å². The van der Waals surface area contributed by atoms with E-state index in [1.165, 1.54) is 30.6 Å². The predicted octanol–water partition coefficient (Wildman–Crippen LogP) is 3.87. The van der Waals surface area contributed by atoms with E-state index in [-0.39, 0.29) is 0 Å². The van der Waals surface area contributed by atoms with Crippen LogP contribution in [0.1, 0.15) is 18.4 Å². The molecular formula is C14H20Br2N2. The van der Waals surface area contributed by atoms with Crippen LogP contribution >= 0.6 is 31.9 Å². The lowest BCUT2D eigenvalue weighted by Gasteiger charge is -2.38. The first-order valence-corrected chi connectivity index (χ1v) is 8.29. The van der Waals surface area contributed by atoms with E-state index < -0.39 is 0 Å². The molecule has 1 aliphatic heterocycles. The number of likely N-dealkylation sites (N-methyl/N-ethyl adjacent to an activating group) is 1. The van der Waals surface area contributed by atoms with Gasteiger partial charge in [0.2, 0.25) is 0 Å². The van der Waals surface area contributed by atoms with Crippen LogP contribution in [0.25, 0.3) is 0 Å². The largest absolute Gasteiger partial charge is 0.370 e. The quantitative estimate of drug-likeness (QED) is 0.739. The Morgan fingerprint density at radius 2 is 2.17 bits per heavy atom. The molecule has 0 saturated carbocycles. The van der Waals surface area contributed by atoms with Crippen molar-refractivity contribution < 1.29 is 0 Å². The maximum atomic E-state index is 3.59. The van der Waals surface area contributed by atoms with Crippen molar-refractivity contribution in [2.75, 3.05) is 32.1 Å². The van der Waals surface area contributed by atoms with E-state index in [0.717, 1.165) is 16.3 Å². The molecular weight excluding hydrogens is 356 g/mol. The lowest BCUT2D eigenvalue weighted by atomic mass is 10.0. The molecule has 18 heavy (non-hydrogen) atoms. The summed E-state index contributed by atoms with van der Waals surface area (Å²) in [6.45, 7) is 2.30. The zero-order valence-corrected chi connectivity index (χ0v) is 14.2. The van der Waals surface area contributed by atoms with E-state index in [0.29, 0.717) is 6.04 Å². The Morgan fingerprint density at radius 1 is 1.39 bits per heavy atom. The molecule has 0 radical (unpaired) electrons. The third-order valence-electron chi connectivity index (χ3n) is 3.66. The normalized spacial score (nSPS) is 20.5. The molecule has 1 saturated heterocycles. The van der Waals surface area contributed by atoms with E-state index in [1.54, 1.807) is 0 Å². The van der Waals surface area contributed by atoms with Gasteiger partial charge in [0.25, 0.3) is 0 Å². The highest BCUT2D eigenvalue weighted by atomic mass is 79.9. The van der Waals surface area contributed by atoms with Gasteiger partial charge in [0.1, 0.15) is 0 Å². The number of nitrogens with zero attached hydrogens (tertiary/aromatic N) is 2. The van der Waals surface area contributed by atoms with Gasteiger partial charge in [0.15, 0.2) is 0 Å². The monoisotopic (exact) mass is 374 g/mol. The fourth-order valence-corrected chi connectivity index (χ4v) is 3.36. The predicted molar refractivity (Wildman–Crippen MR) is 85.7 cm³/mol. The Morgan fingerprint density at radius 3 is 2.83 bits per heavy atom. The van der Waals surface area contributed by atoms with Crippen LogP contribution in [0.4, 0.5) is 5.69 Å². The zero-order chi connectivity index (χ0) is 13.1. The first kappa shape index (κ1) is 14.4. The summed E-state index contributed by atoms with van der Waals surface area (Å²) < 4.78 is 1.16. The van der Waals surface area contributed by atoms with E-state index >= 15 is 0 Å². The van der Waals surface area contributed by atoms with Gasteiger partial charge in [-0.3, -0.25) is 0 Å². The van der Waals surface area contributed by atoms with Crippen LogP contribution in [0.3, 0.4) is 0 Å². The van der Waals surface area contributed by atoms with Crippen LogP contribution in [0.5, 0.6) is 0 Å². The van der Waals surface area contributed by atoms with Gasteiger partial charge in [-0.2, -0.15) is 0 Å². The molecule has 2 rings (SSSR count). The van der Waals surface area contributed by atoms with Gasteiger partial charge in [-0.05, 0) is 44.6 Å². The molecule has 1 fully saturated rings. The molecule has 0 aliphatic carbocycles. The molecule has 1 atom stereocenters. The average molecular weight is 376 g/mol. The summed E-state index contributed by atoms with van der Waals surface area (Å²) in [5.74, 6) is 0. The van der Waals surface area contributed by atoms with Crippen molar-refractivity contribution in [3.05, 3.63) is 28.2 Å². The summed E-state index contributed by atoms with van der Waals surface area (Å²) in [5, 5.41) is 0.915. The van der Waals surface area contributed by atoms with Gasteiger partial charge < -0.3 is 9.80 Å². The first-order chi connectivity index (χ1) is 8.61. The molecule has 1 aliphatic rings. The molecule has 0 amide bonds. The van der Waals surface area contributed by atoms with E-state index in [1.807, 2.05) is 0 Å². The number of anilines is 1. The lowest BCUT2D eigenvalue weighted by molar-refractivity contribution is 0.258. The number of hydrogen-bond acceptors (Lipinski definition) is 2. The van der Waals surface area contributed by atoms with Crippen molar-refractivity contribution in [2.24, 2.45) is 0 Å². The number of piperidine rings is 1. The molecule has 2 nitrogen and oxygen atoms in total. The number of benzene rings is 1. The van der Waals surface area contributed by atoms with Gasteiger partial charge in [-0.25, -0.2) is 0 Å². The van der Waals surface area contributed by atoms with Crippen LogP contribution in [-0.4, -0.2) is 38.1 Å². The van der Waals surface area contributed by atoms with Gasteiger partial charge in [-0.15, -0.1) is 0 Å². The van der Waals surface area contributed by atoms with Crippen LogP contribution < -0.4 is 4.90 Å². The summed E-state index contributed by atoms with van der Waals surface area (Å²) in [6, 6.07) is 7.23. The topological polar surface area (TPSA) is 6.48 Å². The minimum Gasteiger partial charge on any atom is -0.370 e. The molecule has 0 aromatic heterocycles. The number of alkyl halides is 1. The van der Waals surface area contributed by atoms with Crippen LogP contribution in [0.15, 0.2) is 22.7 Å². The standard InChI is InChI=1S/C14H20Br2N2/c1-17(2)13-4-3-7-18(10-13)14-8-12(16)6-5-11(14)9-15/h5-6,8,13H,3-4,7,9-10H2,1-2H3. The highest BCUT2D eigenvalue weighted by molar-refractivity contribution is 9.10. The van der Waals surface area contributed by atoms with Crippen LogP contribution in [-0.2, 0) is 5.33 Å². The number of hydrogen-bond donors (Lipinski definition) is 0. The summed E-state index contributed by atoms with van der Waals surface area (Å²) in [4.78, 5) is 4.87. The molecule has 100 valence electrons. The summed E-state index contributed by atoms with van der Waals surface area (Å²) in [5.41, 5.74) is 2.74. The van der Waals surface area contributed by atoms with E-state index in [9.17, 15) is 0 Å². The lowest BCUT2D eigenvalue weighted by Crippen LogP contribution is -2.45. The Bertz CT molecular complexity index is 407. The Kier molecular flexibility index (Phi) is 5.10. The summed E-state index contributed by atoms with van der Waals surface area (Å²) in [7, 11) is 4.36. The van der Waals surface area contributed by atoms with Crippen LogP contribution in [0, 0.1) is 0 Å². The van der Waals surface area contributed by atoms with E-state index in [4.69, 9.17) is 0 Å². The van der Waals surface area contributed by atoms with E-state index in [2.05, 4.69) is 74.0 Å². The second kappa shape index (κ2) is 6.40. The van der Waals surface area contributed by atoms with Crippen molar-refractivity contribution in [3.63, 3.8) is 0 Å². The van der Waals surface area contributed by atoms with Gasteiger partial charge in [0.05, 0.1) is 0 Å². The van der Waals surface area contributed by atoms with Crippen molar-refractivity contribution in [2.45, 2.75) is 24.2 Å². The smallest absolute Gasteiger partial charge is 0.0419 e. The first-order valence-electron chi connectivity index (χ1n) is 6.37. The fraction of sp³-hybridized carbons (Fsp3) is 0.571. The molecule has 0 N–H and O–H groups in total. The third kappa shape index (κ3) is 3.28. The van der Waals surface area contributed by atoms with Crippen LogP contribution in [0.2, 0.25) is 0 Å². The number of halogens is 2. The minimum atomic E-state index is 0.668. The molecule has 0 bridgehead atoms. The zero-order valence-electron chi connectivity index (χ0n) is 11.0. The average Bonchev–Trinajstić information content (AvgIpc) is 2.39. The Hall–Kier alpha value is -0.0600. The second-order valence-corrected chi connectivity index (χ2v) is 6.59. The molecule has 1 unspecified atom stereocenters. The maximum absolute atomic E-state index is 3.59. The van der Waals surface area contributed by atoms with Crippen molar-refractivity contribution in [1.29, 1.82) is 0 Å². The highest BCUT2D eigenvalue weighted by Gasteiger charge is 2.22. The van der Waals surface area contributed by atoms with Crippen molar-refractivity contribution in [3.8, 4) is 0 Å². The van der Waals surface area contributed by atoms with Crippen molar-refractivity contribution >= 4 is 37.5 Å². The minimum absolute atomic E-state index is 0.668. The SMILES string of the molecule is CN(C)C1CCCN(c2cc(Br)ccc2CBr)C1. The summed E-state index contributed by atoms with van der Waals surface area (Å²) in [6.07, 6.45) is 2.58.